The number of hydrogen-bond donors (Lipinski definition) is 2. The Labute approximate surface area is 207 Å². The summed E-state index contributed by atoms with van der Waals surface area (Å²) in [4.78, 5) is 6.99. The molecule has 7 nitrogen and oxygen atoms in total. The highest BCUT2D eigenvalue weighted by molar-refractivity contribution is 14.0. The zero-order valence-electron chi connectivity index (χ0n) is 19.6. The van der Waals surface area contributed by atoms with Crippen LogP contribution in [0.15, 0.2) is 4.99 Å². The molecule has 0 unspecified atom stereocenters. The number of halogens is 1. The molecule has 0 aromatic carbocycles. The van der Waals surface area contributed by atoms with Gasteiger partial charge in [-0.15, -0.1) is 24.0 Å². The Morgan fingerprint density at radius 3 is 2.42 bits per heavy atom. The number of aliphatic imine (C=N–C) groups is 1. The van der Waals surface area contributed by atoms with E-state index in [0.717, 1.165) is 70.8 Å². The minimum Gasteiger partial charge on any atom is -0.378 e. The predicted molar refractivity (Wildman–Crippen MR) is 140 cm³/mol. The van der Waals surface area contributed by atoms with Crippen molar-refractivity contribution >= 4 is 39.8 Å². The fraction of sp³-hybridized carbons (Fsp3) is 0.955. The van der Waals surface area contributed by atoms with Gasteiger partial charge in [0, 0.05) is 51.6 Å². The van der Waals surface area contributed by atoms with Gasteiger partial charge in [-0.25, -0.2) is 8.42 Å². The molecule has 1 saturated heterocycles. The molecule has 0 amide bonds. The molecule has 0 aromatic rings. The van der Waals surface area contributed by atoms with Gasteiger partial charge in [-0.1, -0.05) is 19.3 Å². The molecule has 2 aliphatic rings. The quantitative estimate of drug-likeness (QED) is 0.162. The molecule has 1 heterocycles. The second-order valence-corrected chi connectivity index (χ2v) is 11.1. The molecule has 0 atom stereocenters. The molecule has 0 bridgehead atoms. The van der Waals surface area contributed by atoms with Crippen molar-refractivity contribution in [3.8, 4) is 0 Å². The van der Waals surface area contributed by atoms with Crippen LogP contribution in [0.1, 0.15) is 71.1 Å². The van der Waals surface area contributed by atoms with Crippen molar-refractivity contribution in [3.05, 3.63) is 0 Å². The Morgan fingerprint density at radius 1 is 1.06 bits per heavy atom. The normalized spacial score (nSPS) is 19.7. The maximum Gasteiger partial charge on any atom is 0.191 e. The van der Waals surface area contributed by atoms with Crippen LogP contribution in [0.5, 0.6) is 0 Å². The summed E-state index contributed by atoms with van der Waals surface area (Å²) in [5.74, 6) is 1.16. The van der Waals surface area contributed by atoms with E-state index < -0.39 is 9.84 Å². The zero-order valence-corrected chi connectivity index (χ0v) is 22.8. The summed E-state index contributed by atoms with van der Waals surface area (Å²) in [6, 6.07) is 0.404. The minimum absolute atomic E-state index is 0. The Morgan fingerprint density at radius 2 is 1.77 bits per heavy atom. The summed E-state index contributed by atoms with van der Waals surface area (Å²) in [6.07, 6.45) is 13.8. The first-order valence-corrected chi connectivity index (χ1v) is 14.1. The summed E-state index contributed by atoms with van der Waals surface area (Å²) in [6.45, 7) is 7.20. The van der Waals surface area contributed by atoms with Gasteiger partial charge in [-0.3, -0.25) is 4.99 Å². The van der Waals surface area contributed by atoms with Crippen LogP contribution in [0.4, 0.5) is 0 Å². The molecule has 0 radical (unpaired) electrons. The molecule has 0 spiro atoms. The van der Waals surface area contributed by atoms with Gasteiger partial charge in [0.25, 0.3) is 0 Å². The largest absolute Gasteiger partial charge is 0.378 e. The van der Waals surface area contributed by atoms with Crippen LogP contribution in [-0.4, -0.2) is 82.8 Å². The third-order valence-corrected chi connectivity index (χ3v) is 6.95. The number of sulfone groups is 1. The molecule has 184 valence electrons. The first-order valence-electron chi connectivity index (χ1n) is 12.0. The Bertz CT molecular complexity index is 590. The van der Waals surface area contributed by atoms with Gasteiger partial charge >= 0.3 is 0 Å². The number of guanidine groups is 1. The molecule has 2 rings (SSSR count). The average molecular weight is 573 g/mol. The van der Waals surface area contributed by atoms with Gasteiger partial charge in [0.1, 0.15) is 9.84 Å². The fourth-order valence-electron chi connectivity index (χ4n) is 4.17. The van der Waals surface area contributed by atoms with Crippen LogP contribution in [0.2, 0.25) is 0 Å². The van der Waals surface area contributed by atoms with Crippen molar-refractivity contribution < 1.29 is 13.2 Å². The number of piperidine rings is 1. The Kier molecular flexibility index (Phi) is 15.4. The monoisotopic (exact) mass is 572 g/mol. The van der Waals surface area contributed by atoms with Crippen molar-refractivity contribution in [1.82, 2.24) is 15.5 Å². The highest BCUT2D eigenvalue weighted by Gasteiger charge is 2.20. The summed E-state index contributed by atoms with van der Waals surface area (Å²) in [5.41, 5.74) is 0. The number of rotatable bonds is 12. The van der Waals surface area contributed by atoms with Crippen LogP contribution in [-0.2, 0) is 14.6 Å². The standard InChI is InChI=1S/C22H44N4O3S.HI/c1-3-23-22(24-14-8-5-9-18-29-21-10-6-4-7-11-21)25-20-12-15-26(16-13-20)17-19-30(2,27)28;/h20-21H,3-19H2,1-2H3,(H2,23,24,25);1H. The Hall–Kier alpha value is -0.130. The van der Waals surface area contributed by atoms with E-state index in [1.54, 1.807) is 0 Å². The molecule has 2 N–H and O–H groups in total. The van der Waals surface area contributed by atoms with Crippen LogP contribution in [0, 0.1) is 0 Å². The van der Waals surface area contributed by atoms with Crippen LogP contribution < -0.4 is 10.6 Å². The van der Waals surface area contributed by atoms with E-state index in [2.05, 4.69) is 22.5 Å². The minimum atomic E-state index is -2.88. The topological polar surface area (TPSA) is 83.0 Å². The molecule has 1 saturated carbocycles. The van der Waals surface area contributed by atoms with Gasteiger partial charge in [0.15, 0.2) is 5.96 Å². The van der Waals surface area contributed by atoms with Crippen molar-refractivity contribution in [1.29, 1.82) is 0 Å². The van der Waals surface area contributed by atoms with E-state index in [0.29, 0.717) is 18.7 Å². The second kappa shape index (κ2) is 16.5. The van der Waals surface area contributed by atoms with E-state index in [-0.39, 0.29) is 29.7 Å². The van der Waals surface area contributed by atoms with E-state index >= 15 is 0 Å². The molecular weight excluding hydrogens is 527 g/mol. The van der Waals surface area contributed by atoms with Gasteiger partial charge in [-0.2, -0.15) is 0 Å². The lowest BCUT2D eigenvalue weighted by molar-refractivity contribution is 0.0264. The predicted octanol–water partition coefficient (Wildman–Crippen LogP) is 3.19. The molecule has 9 heteroatoms. The van der Waals surface area contributed by atoms with Crippen molar-refractivity contribution in [3.63, 3.8) is 0 Å². The number of likely N-dealkylation sites (tertiary alicyclic amines) is 1. The molecule has 1 aliphatic carbocycles. The molecule has 2 fully saturated rings. The van der Waals surface area contributed by atoms with Gasteiger partial charge in [0.05, 0.1) is 11.9 Å². The van der Waals surface area contributed by atoms with Crippen LogP contribution in [0.3, 0.4) is 0 Å². The number of ether oxygens (including phenoxy) is 1. The molecule has 31 heavy (non-hydrogen) atoms. The third-order valence-electron chi connectivity index (χ3n) is 6.03. The van der Waals surface area contributed by atoms with E-state index in [1.165, 1.54) is 38.4 Å². The number of nitrogens with zero attached hydrogens (tertiary/aromatic N) is 2. The number of unbranched alkanes of at least 4 members (excludes halogenated alkanes) is 2. The lowest BCUT2D eigenvalue weighted by Crippen LogP contribution is -2.49. The van der Waals surface area contributed by atoms with Crippen LogP contribution >= 0.6 is 24.0 Å². The molecular formula is C22H45IN4O3S. The maximum absolute atomic E-state index is 11.3. The Balaban J connectivity index is 0.00000480. The lowest BCUT2D eigenvalue weighted by atomic mass is 9.98. The summed E-state index contributed by atoms with van der Waals surface area (Å²) < 4.78 is 28.7. The first-order chi connectivity index (χ1) is 14.5. The zero-order chi connectivity index (χ0) is 21.7. The average Bonchev–Trinajstić information content (AvgIpc) is 2.73. The first kappa shape index (κ1) is 28.9. The van der Waals surface area contributed by atoms with Crippen LogP contribution in [0.25, 0.3) is 0 Å². The third kappa shape index (κ3) is 13.9. The van der Waals surface area contributed by atoms with E-state index in [9.17, 15) is 8.42 Å². The summed E-state index contributed by atoms with van der Waals surface area (Å²) >= 11 is 0. The van der Waals surface area contributed by atoms with Gasteiger partial charge < -0.3 is 20.3 Å². The van der Waals surface area contributed by atoms with Gasteiger partial charge in [-0.05, 0) is 51.9 Å². The summed E-state index contributed by atoms with van der Waals surface area (Å²) in [5, 5.41) is 6.92. The molecule has 1 aliphatic heterocycles. The van der Waals surface area contributed by atoms with Crippen molar-refractivity contribution in [2.75, 3.05) is 51.3 Å². The SMILES string of the molecule is CCNC(=NCCCCCOC1CCCCC1)NC1CCN(CCS(C)(=O)=O)CC1.I. The molecule has 0 aromatic heterocycles. The number of hydrogen-bond acceptors (Lipinski definition) is 5. The highest BCUT2D eigenvalue weighted by Crippen LogP contribution is 2.20. The van der Waals surface area contributed by atoms with E-state index in [4.69, 9.17) is 9.73 Å². The van der Waals surface area contributed by atoms with Crippen molar-refractivity contribution in [2.24, 2.45) is 4.99 Å². The van der Waals surface area contributed by atoms with E-state index in [1.807, 2.05) is 0 Å². The fourth-order valence-corrected chi connectivity index (χ4v) is 4.76. The van der Waals surface area contributed by atoms with Crippen molar-refractivity contribution in [2.45, 2.75) is 83.3 Å². The smallest absolute Gasteiger partial charge is 0.191 e. The summed E-state index contributed by atoms with van der Waals surface area (Å²) in [7, 11) is -2.88. The second-order valence-electron chi connectivity index (χ2n) is 8.84. The number of nitrogens with one attached hydrogen (secondary N) is 2. The highest BCUT2D eigenvalue weighted by atomic mass is 127. The van der Waals surface area contributed by atoms with Gasteiger partial charge in [0.2, 0.25) is 0 Å². The maximum atomic E-state index is 11.3. The lowest BCUT2D eigenvalue weighted by Gasteiger charge is -2.32.